The molecule has 0 radical (unpaired) electrons. The quantitative estimate of drug-likeness (QED) is 0.871. The minimum Gasteiger partial charge on any atom is -0.338 e. The highest BCUT2D eigenvalue weighted by atomic mass is 16.2. The van der Waals surface area contributed by atoms with Gasteiger partial charge in [-0.1, -0.05) is 29.8 Å². The molecule has 1 saturated heterocycles. The fraction of sp³-hybridized carbons (Fsp3) is 0.474. The van der Waals surface area contributed by atoms with E-state index in [2.05, 4.69) is 41.2 Å². The van der Waals surface area contributed by atoms with E-state index in [-0.39, 0.29) is 5.92 Å². The number of hydrogen-bond donors (Lipinski definition) is 0. The second-order valence-corrected chi connectivity index (χ2v) is 6.92. The first kappa shape index (κ1) is 14.5. The van der Waals surface area contributed by atoms with Crippen molar-refractivity contribution in [2.24, 2.45) is 5.92 Å². The summed E-state index contributed by atoms with van der Waals surface area (Å²) in [5.41, 5.74) is 2.60. The predicted molar refractivity (Wildman–Crippen MR) is 89.0 cm³/mol. The third-order valence-corrected chi connectivity index (χ3v) is 5.20. The van der Waals surface area contributed by atoms with Gasteiger partial charge in [-0.05, 0) is 43.7 Å². The largest absolute Gasteiger partial charge is 0.338 e. The molecule has 2 heterocycles. The molecule has 120 valence electrons. The van der Waals surface area contributed by atoms with Crippen molar-refractivity contribution >= 4 is 5.91 Å². The first-order chi connectivity index (χ1) is 11.2. The van der Waals surface area contributed by atoms with E-state index in [1.807, 2.05) is 16.9 Å². The second kappa shape index (κ2) is 5.84. The van der Waals surface area contributed by atoms with Crippen molar-refractivity contribution in [1.82, 2.24) is 14.7 Å². The SMILES string of the molecule is Cc1cccc([C@@H]2C[C@H]2C(=O)N2CCC[C@H]2Cn2cccn2)c1. The fourth-order valence-corrected chi connectivity index (χ4v) is 3.89. The topological polar surface area (TPSA) is 38.1 Å². The zero-order valence-corrected chi connectivity index (χ0v) is 13.6. The van der Waals surface area contributed by atoms with Crippen LogP contribution in [0.5, 0.6) is 0 Å². The molecule has 3 atom stereocenters. The highest BCUT2D eigenvalue weighted by Crippen LogP contribution is 2.49. The predicted octanol–water partition coefficient (Wildman–Crippen LogP) is 2.99. The highest BCUT2D eigenvalue weighted by molar-refractivity contribution is 5.83. The molecular formula is C19H23N3O. The molecule has 0 bridgehead atoms. The molecule has 4 nitrogen and oxygen atoms in total. The number of amides is 1. The van der Waals surface area contributed by atoms with Gasteiger partial charge in [0.15, 0.2) is 0 Å². The van der Waals surface area contributed by atoms with E-state index in [9.17, 15) is 4.79 Å². The molecule has 0 unspecified atom stereocenters. The Balaban J connectivity index is 1.43. The van der Waals surface area contributed by atoms with Gasteiger partial charge in [-0.25, -0.2) is 0 Å². The van der Waals surface area contributed by atoms with E-state index in [4.69, 9.17) is 0 Å². The maximum atomic E-state index is 12.9. The monoisotopic (exact) mass is 309 g/mol. The summed E-state index contributed by atoms with van der Waals surface area (Å²) in [6.45, 7) is 3.84. The van der Waals surface area contributed by atoms with Crippen LogP contribution in [0.1, 0.15) is 36.3 Å². The summed E-state index contributed by atoms with van der Waals surface area (Å²) in [6.07, 6.45) is 6.99. The van der Waals surface area contributed by atoms with Crippen LogP contribution in [0.4, 0.5) is 0 Å². The summed E-state index contributed by atoms with van der Waals surface area (Å²) in [5.74, 6) is 0.967. The molecule has 1 aromatic heterocycles. The highest BCUT2D eigenvalue weighted by Gasteiger charge is 2.47. The Hall–Kier alpha value is -2.10. The number of likely N-dealkylation sites (tertiary alicyclic amines) is 1. The number of carbonyl (C=O) groups is 1. The minimum absolute atomic E-state index is 0.190. The summed E-state index contributed by atoms with van der Waals surface area (Å²) in [4.78, 5) is 15.0. The van der Waals surface area contributed by atoms with E-state index in [1.165, 1.54) is 11.1 Å². The Kier molecular flexibility index (Phi) is 3.68. The van der Waals surface area contributed by atoms with Crippen LogP contribution in [0.2, 0.25) is 0 Å². The van der Waals surface area contributed by atoms with Gasteiger partial charge in [0.2, 0.25) is 5.91 Å². The van der Waals surface area contributed by atoms with Crippen LogP contribution in [-0.4, -0.2) is 33.2 Å². The molecular weight excluding hydrogens is 286 g/mol. The zero-order chi connectivity index (χ0) is 15.8. The van der Waals surface area contributed by atoms with E-state index in [0.717, 1.165) is 32.4 Å². The summed E-state index contributed by atoms with van der Waals surface area (Å²) >= 11 is 0. The van der Waals surface area contributed by atoms with Crippen LogP contribution in [0, 0.1) is 12.8 Å². The normalized spacial score (nSPS) is 26.5. The number of aromatic nitrogens is 2. The van der Waals surface area contributed by atoms with Gasteiger partial charge >= 0.3 is 0 Å². The Morgan fingerprint density at radius 2 is 2.26 bits per heavy atom. The summed E-state index contributed by atoms with van der Waals surface area (Å²) < 4.78 is 1.95. The van der Waals surface area contributed by atoms with Crippen molar-refractivity contribution in [3.63, 3.8) is 0 Å². The first-order valence-electron chi connectivity index (χ1n) is 8.57. The minimum atomic E-state index is 0.190. The van der Waals surface area contributed by atoms with Gasteiger partial charge in [-0.3, -0.25) is 9.48 Å². The van der Waals surface area contributed by atoms with Gasteiger partial charge in [0.25, 0.3) is 0 Å². The van der Waals surface area contributed by atoms with Gasteiger partial charge in [-0.2, -0.15) is 5.10 Å². The number of aryl methyl sites for hydroxylation is 1. The van der Waals surface area contributed by atoms with Crippen molar-refractivity contribution in [2.75, 3.05) is 6.54 Å². The Morgan fingerprint density at radius 1 is 1.35 bits per heavy atom. The lowest BCUT2D eigenvalue weighted by atomic mass is 10.1. The molecule has 1 aliphatic carbocycles. The number of rotatable bonds is 4. The molecule has 23 heavy (non-hydrogen) atoms. The van der Waals surface area contributed by atoms with Crippen LogP contribution in [0.3, 0.4) is 0 Å². The molecule has 2 fully saturated rings. The van der Waals surface area contributed by atoms with Crippen molar-refractivity contribution in [1.29, 1.82) is 0 Å². The maximum Gasteiger partial charge on any atom is 0.226 e. The number of benzene rings is 1. The second-order valence-electron chi connectivity index (χ2n) is 6.92. The molecule has 0 N–H and O–H groups in total. The lowest BCUT2D eigenvalue weighted by molar-refractivity contribution is -0.133. The lowest BCUT2D eigenvalue weighted by Crippen LogP contribution is -2.39. The Bertz CT molecular complexity index is 694. The summed E-state index contributed by atoms with van der Waals surface area (Å²) in [7, 11) is 0. The van der Waals surface area contributed by atoms with Gasteiger partial charge in [-0.15, -0.1) is 0 Å². The van der Waals surface area contributed by atoms with Crippen LogP contribution >= 0.6 is 0 Å². The smallest absolute Gasteiger partial charge is 0.226 e. The van der Waals surface area contributed by atoms with Crippen LogP contribution in [0.15, 0.2) is 42.7 Å². The third kappa shape index (κ3) is 2.90. The van der Waals surface area contributed by atoms with Gasteiger partial charge in [0, 0.05) is 24.9 Å². The first-order valence-corrected chi connectivity index (χ1v) is 8.57. The molecule has 2 aromatic rings. The van der Waals surface area contributed by atoms with Crippen LogP contribution in [0.25, 0.3) is 0 Å². The molecule has 1 aliphatic heterocycles. The average molecular weight is 309 g/mol. The molecule has 1 aromatic carbocycles. The number of carbonyl (C=O) groups excluding carboxylic acids is 1. The van der Waals surface area contributed by atoms with Gasteiger partial charge in [0.05, 0.1) is 12.6 Å². The number of hydrogen-bond acceptors (Lipinski definition) is 2. The lowest BCUT2D eigenvalue weighted by Gasteiger charge is -2.25. The standard InChI is InChI=1S/C19H23N3O/c1-14-5-2-6-15(11-14)17-12-18(17)19(23)22-10-3-7-16(22)13-21-9-4-8-20-21/h2,4-6,8-9,11,16-18H,3,7,10,12-13H2,1H3/t16-,17-,18+/m0/s1. The zero-order valence-electron chi connectivity index (χ0n) is 13.6. The van der Waals surface area contributed by atoms with Gasteiger partial charge in [0.1, 0.15) is 0 Å². The van der Waals surface area contributed by atoms with E-state index < -0.39 is 0 Å². The van der Waals surface area contributed by atoms with Gasteiger partial charge < -0.3 is 4.90 Å². The average Bonchev–Trinajstić information content (AvgIpc) is 2.94. The van der Waals surface area contributed by atoms with E-state index >= 15 is 0 Å². The molecule has 0 spiro atoms. The molecule has 1 saturated carbocycles. The Morgan fingerprint density at radius 3 is 3.04 bits per heavy atom. The summed E-state index contributed by atoms with van der Waals surface area (Å²) in [6, 6.07) is 10.8. The molecule has 2 aliphatic rings. The van der Waals surface area contributed by atoms with E-state index in [0.29, 0.717) is 17.9 Å². The number of nitrogens with zero attached hydrogens (tertiary/aromatic N) is 3. The van der Waals surface area contributed by atoms with Crippen molar-refractivity contribution < 1.29 is 4.79 Å². The Labute approximate surface area is 137 Å². The molecule has 4 heteroatoms. The fourth-order valence-electron chi connectivity index (χ4n) is 3.89. The molecule has 4 rings (SSSR count). The van der Waals surface area contributed by atoms with E-state index in [1.54, 1.807) is 6.20 Å². The third-order valence-electron chi connectivity index (χ3n) is 5.20. The van der Waals surface area contributed by atoms with Crippen LogP contribution in [-0.2, 0) is 11.3 Å². The van der Waals surface area contributed by atoms with Crippen molar-refractivity contribution in [2.45, 2.75) is 44.7 Å². The molecule has 1 amide bonds. The maximum absolute atomic E-state index is 12.9. The summed E-state index contributed by atoms with van der Waals surface area (Å²) in [5, 5.41) is 4.28. The van der Waals surface area contributed by atoms with Crippen LogP contribution < -0.4 is 0 Å². The van der Waals surface area contributed by atoms with Crippen molar-refractivity contribution in [3.05, 3.63) is 53.9 Å². The van der Waals surface area contributed by atoms with Crippen molar-refractivity contribution in [3.8, 4) is 0 Å².